The van der Waals surface area contributed by atoms with Gasteiger partial charge in [-0.3, -0.25) is 0 Å². The highest BCUT2D eigenvalue weighted by molar-refractivity contribution is 9.11. The van der Waals surface area contributed by atoms with E-state index < -0.39 is 10.0 Å². The van der Waals surface area contributed by atoms with Gasteiger partial charge in [0.2, 0.25) is 10.0 Å². The van der Waals surface area contributed by atoms with E-state index >= 15 is 0 Å². The molecule has 0 bridgehead atoms. The van der Waals surface area contributed by atoms with Crippen molar-refractivity contribution in [1.82, 2.24) is 5.32 Å². The van der Waals surface area contributed by atoms with Crippen LogP contribution >= 0.6 is 27.3 Å². The molecule has 0 amide bonds. The van der Waals surface area contributed by atoms with Crippen LogP contribution in [0.4, 0.5) is 0 Å². The van der Waals surface area contributed by atoms with Crippen LogP contribution in [0.25, 0.3) is 0 Å². The van der Waals surface area contributed by atoms with Crippen LogP contribution in [0, 0.1) is 0 Å². The Morgan fingerprint density at radius 2 is 2.25 bits per heavy atom. The first-order valence-corrected chi connectivity index (χ1v) is 8.20. The summed E-state index contributed by atoms with van der Waals surface area (Å²) < 4.78 is 22.5. The Labute approximate surface area is 108 Å². The molecule has 0 aliphatic heterocycles. The standard InChI is InChI=1S/C9H15BrN2O2S2/c1-7(8-3-4-9(10)15-8)12-5-2-6-16(11,13)14/h3-4,7,12H,2,5-6H2,1H3,(H2,11,13,14). The SMILES string of the molecule is CC(NCCCS(N)(=O)=O)c1ccc(Br)s1. The van der Waals surface area contributed by atoms with Crippen molar-refractivity contribution in [2.24, 2.45) is 5.14 Å². The Hall–Kier alpha value is 0.0500. The number of primary sulfonamides is 1. The lowest BCUT2D eigenvalue weighted by atomic mass is 10.2. The van der Waals surface area contributed by atoms with Gasteiger partial charge < -0.3 is 5.32 Å². The van der Waals surface area contributed by atoms with Crippen molar-refractivity contribution >= 4 is 37.3 Å². The molecule has 0 radical (unpaired) electrons. The van der Waals surface area contributed by atoms with Gasteiger partial charge in [0.15, 0.2) is 0 Å². The van der Waals surface area contributed by atoms with Crippen LogP contribution in [0.15, 0.2) is 15.9 Å². The molecular formula is C9H15BrN2O2S2. The highest BCUT2D eigenvalue weighted by Gasteiger charge is 2.08. The summed E-state index contributed by atoms with van der Waals surface area (Å²) in [5, 5.41) is 8.16. The fourth-order valence-corrected chi connectivity index (χ4v) is 3.25. The van der Waals surface area contributed by atoms with Crippen LogP contribution in [-0.4, -0.2) is 20.7 Å². The summed E-state index contributed by atoms with van der Waals surface area (Å²) in [6.45, 7) is 2.70. The maximum atomic E-state index is 10.7. The minimum Gasteiger partial charge on any atom is -0.309 e. The average Bonchev–Trinajstić information content (AvgIpc) is 2.57. The predicted octanol–water partition coefficient (Wildman–Crippen LogP) is 1.84. The number of thiophene rings is 1. The van der Waals surface area contributed by atoms with Crippen molar-refractivity contribution in [3.05, 3.63) is 20.8 Å². The minimum atomic E-state index is -3.33. The Balaban J connectivity index is 2.28. The topological polar surface area (TPSA) is 72.2 Å². The maximum Gasteiger partial charge on any atom is 0.209 e. The fraction of sp³-hybridized carbons (Fsp3) is 0.556. The van der Waals surface area contributed by atoms with Gasteiger partial charge in [0.05, 0.1) is 9.54 Å². The molecule has 1 rings (SSSR count). The molecule has 4 nitrogen and oxygen atoms in total. The molecule has 1 heterocycles. The first-order valence-electron chi connectivity index (χ1n) is 4.87. The van der Waals surface area contributed by atoms with E-state index in [9.17, 15) is 8.42 Å². The molecule has 0 aliphatic rings. The van der Waals surface area contributed by atoms with Gasteiger partial charge in [-0.1, -0.05) is 0 Å². The molecule has 16 heavy (non-hydrogen) atoms. The third kappa shape index (κ3) is 5.40. The average molecular weight is 327 g/mol. The van der Waals surface area contributed by atoms with E-state index in [0.29, 0.717) is 13.0 Å². The molecule has 0 aromatic carbocycles. The van der Waals surface area contributed by atoms with Crippen LogP contribution in [0.5, 0.6) is 0 Å². The van der Waals surface area contributed by atoms with Gasteiger partial charge >= 0.3 is 0 Å². The molecule has 0 fully saturated rings. The van der Waals surface area contributed by atoms with Crippen molar-refractivity contribution in [3.8, 4) is 0 Å². The predicted molar refractivity (Wildman–Crippen MR) is 71.0 cm³/mol. The number of nitrogens with one attached hydrogen (secondary N) is 1. The molecule has 0 spiro atoms. The van der Waals surface area contributed by atoms with E-state index in [4.69, 9.17) is 5.14 Å². The van der Waals surface area contributed by atoms with Gasteiger partial charge in [-0.25, -0.2) is 13.6 Å². The number of nitrogens with two attached hydrogens (primary N) is 1. The summed E-state index contributed by atoms with van der Waals surface area (Å²) in [5.74, 6) is 0.0286. The second-order valence-electron chi connectivity index (χ2n) is 3.54. The molecule has 92 valence electrons. The first kappa shape index (κ1) is 14.1. The van der Waals surface area contributed by atoms with Gasteiger partial charge in [-0.2, -0.15) is 0 Å². The Morgan fingerprint density at radius 3 is 2.75 bits per heavy atom. The van der Waals surface area contributed by atoms with Crippen LogP contribution in [0.3, 0.4) is 0 Å². The van der Waals surface area contributed by atoms with Gasteiger partial charge in [-0.15, -0.1) is 11.3 Å². The Morgan fingerprint density at radius 1 is 1.56 bits per heavy atom. The maximum absolute atomic E-state index is 10.7. The lowest BCUT2D eigenvalue weighted by molar-refractivity contribution is 0.566. The van der Waals surface area contributed by atoms with Gasteiger partial charge in [0.25, 0.3) is 0 Å². The quantitative estimate of drug-likeness (QED) is 0.783. The molecule has 1 unspecified atom stereocenters. The third-order valence-electron chi connectivity index (χ3n) is 2.08. The van der Waals surface area contributed by atoms with E-state index in [-0.39, 0.29) is 11.8 Å². The number of halogens is 1. The summed E-state index contributed by atoms with van der Waals surface area (Å²) in [7, 11) is -3.33. The molecule has 0 aliphatic carbocycles. The van der Waals surface area contributed by atoms with Gasteiger partial charge in [0.1, 0.15) is 0 Å². The molecule has 1 aromatic rings. The van der Waals surface area contributed by atoms with E-state index in [1.807, 2.05) is 12.1 Å². The zero-order valence-corrected chi connectivity index (χ0v) is 12.2. The van der Waals surface area contributed by atoms with Crippen molar-refractivity contribution in [1.29, 1.82) is 0 Å². The monoisotopic (exact) mass is 326 g/mol. The van der Waals surface area contributed by atoms with Crippen LogP contribution in [0.2, 0.25) is 0 Å². The number of hydrogen-bond acceptors (Lipinski definition) is 4. The number of sulfonamides is 1. The van der Waals surface area contributed by atoms with Crippen molar-refractivity contribution in [2.45, 2.75) is 19.4 Å². The fourth-order valence-electron chi connectivity index (χ4n) is 1.25. The molecule has 3 N–H and O–H groups in total. The number of rotatable bonds is 6. The second-order valence-corrected chi connectivity index (χ2v) is 7.77. The lowest BCUT2D eigenvalue weighted by Gasteiger charge is -2.11. The van der Waals surface area contributed by atoms with Crippen LogP contribution in [0.1, 0.15) is 24.3 Å². The highest BCUT2D eigenvalue weighted by Crippen LogP contribution is 2.26. The van der Waals surface area contributed by atoms with E-state index in [0.717, 1.165) is 3.79 Å². The highest BCUT2D eigenvalue weighted by atomic mass is 79.9. The van der Waals surface area contributed by atoms with Crippen LogP contribution in [-0.2, 0) is 10.0 Å². The zero-order chi connectivity index (χ0) is 12.2. The first-order chi connectivity index (χ1) is 7.38. The molecule has 1 aromatic heterocycles. The van der Waals surface area contributed by atoms with Crippen LogP contribution < -0.4 is 10.5 Å². The largest absolute Gasteiger partial charge is 0.309 e. The molecule has 7 heteroatoms. The second kappa shape index (κ2) is 6.11. The van der Waals surface area contributed by atoms with Crippen molar-refractivity contribution in [3.63, 3.8) is 0 Å². The third-order valence-corrected chi connectivity index (χ3v) is 4.74. The molecule has 0 saturated carbocycles. The van der Waals surface area contributed by atoms with Gasteiger partial charge in [-0.05, 0) is 48.0 Å². The molecular weight excluding hydrogens is 312 g/mol. The lowest BCUT2D eigenvalue weighted by Crippen LogP contribution is -2.23. The summed E-state index contributed by atoms with van der Waals surface area (Å²) in [4.78, 5) is 1.22. The summed E-state index contributed by atoms with van der Waals surface area (Å²) >= 11 is 5.07. The molecule has 1 atom stereocenters. The Kier molecular flexibility index (Phi) is 5.39. The molecule has 0 saturated heterocycles. The van der Waals surface area contributed by atoms with Gasteiger partial charge in [0, 0.05) is 10.9 Å². The Bertz CT molecular complexity index is 430. The van der Waals surface area contributed by atoms with Crippen molar-refractivity contribution in [2.75, 3.05) is 12.3 Å². The zero-order valence-electron chi connectivity index (χ0n) is 8.94. The number of hydrogen-bond donors (Lipinski definition) is 2. The van der Waals surface area contributed by atoms with E-state index in [1.54, 1.807) is 11.3 Å². The van der Waals surface area contributed by atoms with Crippen molar-refractivity contribution < 1.29 is 8.42 Å². The minimum absolute atomic E-state index is 0.0286. The summed E-state index contributed by atoms with van der Waals surface area (Å²) in [6.07, 6.45) is 0.537. The normalized spacial score (nSPS) is 13.9. The van der Waals surface area contributed by atoms with E-state index in [2.05, 4.69) is 28.2 Å². The summed E-state index contributed by atoms with van der Waals surface area (Å²) in [5.41, 5.74) is 0. The smallest absolute Gasteiger partial charge is 0.209 e. The summed E-state index contributed by atoms with van der Waals surface area (Å²) in [6, 6.07) is 4.28. The van der Waals surface area contributed by atoms with E-state index in [1.165, 1.54) is 4.88 Å².